The first-order valence-corrected chi connectivity index (χ1v) is 9.00. The van der Waals surface area contributed by atoms with E-state index in [0.29, 0.717) is 22.6 Å². The summed E-state index contributed by atoms with van der Waals surface area (Å²) in [5, 5.41) is 0. The van der Waals surface area contributed by atoms with Gasteiger partial charge in [-0.3, -0.25) is 0 Å². The van der Waals surface area contributed by atoms with Gasteiger partial charge in [0.1, 0.15) is 11.5 Å². The quantitative estimate of drug-likeness (QED) is 0.680. The molecule has 0 saturated heterocycles. The lowest BCUT2D eigenvalue weighted by Gasteiger charge is -2.16. The SMILES string of the molecule is COCc1cc(Oc2ccccc2)cc(COC)c1OS(C)(=O)=O. The highest BCUT2D eigenvalue weighted by Crippen LogP contribution is 2.33. The average molecular weight is 352 g/mol. The van der Waals surface area contributed by atoms with Crippen LogP contribution in [0.1, 0.15) is 11.1 Å². The molecule has 24 heavy (non-hydrogen) atoms. The fraction of sp³-hybridized carbons (Fsp3) is 0.294. The fourth-order valence-corrected chi connectivity index (χ4v) is 2.71. The van der Waals surface area contributed by atoms with Crippen molar-refractivity contribution < 1.29 is 26.8 Å². The van der Waals surface area contributed by atoms with E-state index in [-0.39, 0.29) is 19.0 Å². The maximum Gasteiger partial charge on any atom is 0.306 e. The third-order valence-electron chi connectivity index (χ3n) is 3.03. The van der Waals surface area contributed by atoms with Crippen LogP contribution in [0.4, 0.5) is 0 Å². The highest BCUT2D eigenvalue weighted by molar-refractivity contribution is 7.86. The van der Waals surface area contributed by atoms with Gasteiger partial charge in [0.2, 0.25) is 0 Å². The number of hydrogen-bond acceptors (Lipinski definition) is 6. The van der Waals surface area contributed by atoms with Crippen LogP contribution in [-0.4, -0.2) is 28.9 Å². The van der Waals surface area contributed by atoms with Crippen molar-refractivity contribution in [1.82, 2.24) is 0 Å². The molecule has 0 aliphatic rings. The molecule has 0 amide bonds. The predicted octanol–water partition coefficient (Wildman–Crippen LogP) is 3.11. The molecule has 0 bridgehead atoms. The van der Waals surface area contributed by atoms with Gasteiger partial charge in [-0.05, 0) is 24.3 Å². The topological polar surface area (TPSA) is 71.1 Å². The van der Waals surface area contributed by atoms with Crippen molar-refractivity contribution in [2.24, 2.45) is 0 Å². The van der Waals surface area contributed by atoms with Crippen molar-refractivity contribution >= 4 is 10.1 Å². The molecule has 6 nitrogen and oxygen atoms in total. The lowest BCUT2D eigenvalue weighted by atomic mass is 10.1. The molecule has 0 heterocycles. The zero-order chi connectivity index (χ0) is 17.6. The predicted molar refractivity (Wildman–Crippen MR) is 89.9 cm³/mol. The molecule has 0 saturated carbocycles. The lowest BCUT2D eigenvalue weighted by Crippen LogP contribution is -2.11. The first kappa shape index (κ1) is 18.3. The largest absolute Gasteiger partial charge is 0.457 e. The van der Waals surface area contributed by atoms with Crippen molar-refractivity contribution in [2.45, 2.75) is 13.2 Å². The zero-order valence-corrected chi connectivity index (χ0v) is 14.6. The van der Waals surface area contributed by atoms with Crippen LogP contribution in [0.3, 0.4) is 0 Å². The molecule has 7 heteroatoms. The van der Waals surface area contributed by atoms with Gasteiger partial charge in [0.05, 0.1) is 19.5 Å². The number of benzene rings is 2. The van der Waals surface area contributed by atoms with Crippen LogP contribution in [0.5, 0.6) is 17.2 Å². The van der Waals surface area contributed by atoms with Gasteiger partial charge in [-0.15, -0.1) is 0 Å². The number of para-hydroxylation sites is 1. The molecular formula is C17H20O6S. The minimum atomic E-state index is -3.68. The Balaban J connectivity index is 2.46. The Morgan fingerprint density at radius 1 is 0.875 bits per heavy atom. The van der Waals surface area contributed by atoms with Crippen molar-refractivity contribution in [3.8, 4) is 17.2 Å². The van der Waals surface area contributed by atoms with Crippen LogP contribution < -0.4 is 8.92 Å². The Labute approximate surface area is 142 Å². The first-order chi connectivity index (χ1) is 11.4. The zero-order valence-electron chi connectivity index (χ0n) is 13.8. The molecule has 0 atom stereocenters. The van der Waals surface area contributed by atoms with Crippen LogP contribution in [0.2, 0.25) is 0 Å². The van der Waals surface area contributed by atoms with E-state index < -0.39 is 10.1 Å². The molecule has 2 aromatic rings. The number of rotatable bonds is 8. The highest BCUT2D eigenvalue weighted by Gasteiger charge is 2.18. The van der Waals surface area contributed by atoms with Crippen molar-refractivity contribution in [1.29, 1.82) is 0 Å². The minimum absolute atomic E-state index is 0.174. The Hall–Kier alpha value is -2.09. The Kier molecular flexibility index (Phi) is 6.19. The van der Waals surface area contributed by atoms with Gasteiger partial charge >= 0.3 is 10.1 Å². The van der Waals surface area contributed by atoms with E-state index in [1.54, 1.807) is 12.1 Å². The molecule has 0 radical (unpaired) electrons. The smallest absolute Gasteiger partial charge is 0.306 e. The van der Waals surface area contributed by atoms with E-state index >= 15 is 0 Å². The summed E-state index contributed by atoms with van der Waals surface area (Å²) in [4.78, 5) is 0. The van der Waals surface area contributed by atoms with Gasteiger partial charge in [-0.1, -0.05) is 18.2 Å². The summed E-state index contributed by atoms with van der Waals surface area (Å²) in [5.74, 6) is 1.42. The molecule has 0 spiro atoms. The molecule has 0 fully saturated rings. The normalized spacial score (nSPS) is 11.3. The van der Waals surface area contributed by atoms with E-state index in [0.717, 1.165) is 6.26 Å². The maximum absolute atomic E-state index is 11.6. The third-order valence-corrected chi connectivity index (χ3v) is 3.50. The Morgan fingerprint density at radius 3 is 1.88 bits per heavy atom. The second-order valence-corrected chi connectivity index (χ2v) is 6.71. The second kappa shape index (κ2) is 8.14. The molecular weight excluding hydrogens is 332 g/mol. The van der Waals surface area contributed by atoms with E-state index in [2.05, 4.69) is 0 Å². The van der Waals surface area contributed by atoms with Crippen LogP contribution in [0.15, 0.2) is 42.5 Å². The molecule has 0 unspecified atom stereocenters. The average Bonchev–Trinajstić information content (AvgIpc) is 2.51. The van der Waals surface area contributed by atoms with Gasteiger partial charge < -0.3 is 18.4 Å². The van der Waals surface area contributed by atoms with Crippen LogP contribution in [-0.2, 0) is 32.8 Å². The van der Waals surface area contributed by atoms with E-state index in [1.807, 2.05) is 30.3 Å². The number of ether oxygens (including phenoxy) is 3. The molecule has 130 valence electrons. The van der Waals surface area contributed by atoms with Gasteiger partial charge in [0, 0.05) is 25.3 Å². The second-order valence-electron chi connectivity index (χ2n) is 5.14. The minimum Gasteiger partial charge on any atom is -0.457 e. The summed E-state index contributed by atoms with van der Waals surface area (Å²) < 4.78 is 44.4. The maximum atomic E-state index is 11.6. The summed E-state index contributed by atoms with van der Waals surface area (Å²) >= 11 is 0. The Bertz CT molecular complexity index is 744. The van der Waals surface area contributed by atoms with Crippen molar-refractivity contribution in [3.63, 3.8) is 0 Å². The van der Waals surface area contributed by atoms with Crippen LogP contribution in [0.25, 0.3) is 0 Å². The third kappa shape index (κ3) is 5.23. The van der Waals surface area contributed by atoms with Gasteiger partial charge in [0.25, 0.3) is 0 Å². The lowest BCUT2D eigenvalue weighted by molar-refractivity contribution is 0.176. The number of hydrogen-bond donors (Lipinski definition) is 0. The number of methoxy groups -OCH3 is 2. The molecule has 0 aliphatic heterocycles. The van der Waals surface area contributed by atoms with Crippen LogP contribution in [0, 0.1) is 0 Å². The summed E-state index contributed by atoms with van der Waals surface area (Å²) in [5.41, 5.74) is 1.12. The molecule has 2 rings (SSSR count). The van der Waals surface area contributed by atoms with Crippen LogP contribution >= 0.6 is 0 Å². The van der Waals surface area contributed by atoms with Gasteiger partial charge in [-0.2, -0.15) is 8.42 Å². The summed E-state index contributed by atoms with van der Waals surface area (Å²) in [6, 6.07) is 12.7. The van der Waals surface area contributed by atoms with Gasteiger partial charge in [-0.25, -0.2) is 0 Å². The fourth-order valence-electron chi connectivity index (χ4n) is 2.19. The van der Waals surface area contributed by atoms with Crippen molar-refractivity contribution in [3.05, 3.63) is 53.6 Å². The molecule has 0 aromatic heterocycles. The monoisotopic (exact) mass is 352 g/mol. The summed E-state index contributed by atoms with van der Waals surface area (Å²) in [7, 11) is -0.645. The standard InChI is InChI=1S/C17H20O6S/c1-20-11-13-9-16(22-15-7-5-4-6-8-15)10-14(12-21-2)17(13)23-24(3,18)19/h4-10H,11-12H2,1-3H3. The summed E-state index contributed by atoms with van der Waals surface area (Å²) in [6.07, 6.45) is 0.995. The van der Waals surface area contributed by atoms with E-state index in [9.17, 15) is 8.42 Å². The summed E-state index contributed by atoms with van der Waals surface area (Å²) in [6.45, 7) is 0.348. The van der Waals surface area contributed by atoms with Gasteiger partial charge in [0.15, 0.2) is 5.75 Å². The highest BCUT2D eigenvalue weighted by atomic mass is 32.2. The molecule has 2 aromatic carbocycles. The van der Waals surface area contributed by atoms with E-state index in [4.69, 9.17) is 18.4 Å². The first-order valence-electron chi connectivity index (χ1n) is 7.19. The van der Waals surface area contributed by atoms with Crippen molar-refractivity contribution in [2.75, 3.05) is 20.5 Å². The Morgan fingerprint density at radius 2 is 1.42 bits per heavy atom. The van der Waals surface area contributed by atoms with E-state index in [1.165, 1.54) is 14.2 Å². The molecule has 0 aliphatic carbocycles. The molecule has 0 N–H and O–H groups in total.